The summed E-state index contributed by atoms with van der Waals surface area (Å²) in [7, 11) is 0. The predicted octanol–water partition coefficient (Wildman–Crippen LogP) is 1.58. The monoisotopic (exact) mass is 218 g/mol. The van der Waals surface area contributed by atoms with Crippen LogP contribution >= 0.6 is 0 Å². The third-order valence-electron chi connectivity index (χ3n) is 1.20. The zero-order chi connectivity index (χ0) is 7.98. The Bertz CT molecular complexity index is 104. The average molecular weight is 218 g/mol. The molecule has 57 valence electrons. The Balaban J connectivity index is 3.22. The molecule has 3 heteroatoms. The van der Waals surface area contributed by atoms with Crippen LogP contribution in [-0.4, -0.2) is 5.91 Å². The van der Waals surface area contributed by atoms with Gasteiger partial charge >= 0.3 is 79.0 Å². The van der Waals surface area contributed by atoms with E-state index in [9.17, 15) is 4.79 Å². The van der Waals surface area contributed by atoms with Gasteiger partial charge in [0.05, 0.1) is 0 Å². The Labute approximate surface area is 78.7 Å². The van der Waals surface area contributed by atoms with Crippen molar-refractivity contribution >= 4 is 5.91 Å². The van der Waals surface area contributed by atoms with Crippen LogP contribution < -0.4 is 2.45 Å². The first-order chi connectivity index (χ1) is 4.68. The fourth-order valence-electron chi connectivity index (χ4n) is 0.484. The maximum absolute atomic E-state index is 11.0. The van der Waals surface area contributed by atoms with E-state index in [4.69, 9.17) is 0 Å². The van der Waals surface area contributed by atoms with Gasteiger partial charge in [-0.15, -0.1) is 0 Å². The zero-order valence-corrected chi connectivity index (χ0v) is 9.82. The Morgan fingerprint density at radius 1 is 1.60 bits per heavy atom. The van der Waals surface area contributed by atoms with Crippen molar-refractivity contribution in [2.75, 3.05) is 0 Å². The number of hydrogen-bond donors (Lipinski definition) is 1. The van der Waals surface area contributed by atoms with Gasteiger partial charge in [0.2, 0.25) is 0 Å². The molecule has 0 radical (unpaired) electrons. The van der Waals surface area contributed by atoms with Crippen molar-refractivity contribution in [2.24, 2.45) is 5.92 Å². The van der Waals surface area contributed by atoms with Crippen molar-refractivity contribution < 1.29 is 34.3 Å². The van der Waals surface area contributed by atoms with E-state index in [1.54, 1.807) is 0 Å². The van der Waals surface area contributed by atoms with Crippen LogP contribution in [0.4, 0.5) is 0 Å². The summed E-state index contributed by atoms with van der Waals surface area (Å²) < 4.78 is 4.31. The van der Waals surface area contributed by atoms with Crippen molar-refractivity contribution in [3.63, 3.8) is 0 Å². The normalized spacial score (nSPS) is 9.20. The van der Waals surface area contributed by atoms with Gasteiger partial charge in [0.25, 0.3) is 0 Å². The van der Waals surface area contributed by atoms with Crippen LogP contribution in [0.2, 0.25) is 3.23 Å². The summed E-state index contributed by atoms with van der Waals surface area (Å²) in [6, 6.07) is 0. The second-order valence-electron chi connectivity index (χ2n) is 2.66. The molecule has 0 heterocycles. The Morgan fingerprint density at radius 3 is 2.60 bits per heavy atom. The molecule has 0 unspecified atom stereocenters. The van der Waals surface area contributed by atoms with E-state index in [1.807, 2.05) is 13.8 Å². The van der Waals surface area contributed by atoms with Gasteiger partial charge in [-0.25, -0.2) is 0 Å². The molecule has 0 saturated carbocycles. The molecule has 0 aromatic carbocycles. The molecule has 1 amide bonds. The number of amides is 1. The molecule has 1 N–H and O–H groups in total. The van der Waals surface area contributed by atoms with Crippen LogP contribution in [0.3, 0.4) is 0 Å². The van der Waals surface area contributed by atoms with Crippen molar-refractivity contribution in [3.05, 3.63) is 0 Å². The molecule has 0 rings (SSSR count). The summed E-state index contributed by atoms with van der Waals surface area (Å²) in [4.78, 5) is 11.0. The molecule has 10 heavy (non-hydrogen) atoms. The fourth-order valence-corrected chi connectivity index (χ4v) is 2.86. The molecule has 0 fully saturated rings. The molecule has 0 saturated heterocycles. The Morgan fingerprint density at radius 2 is 2.20 bits per heavy atom. The molecule has 0 aliphatic carbocycles. The molecule has 0 bridgehead atoms. The van der Waals surface area contributed by atoms with E-state index >= 15 is 0 Å². The van der Waals surface area contributed by atoms with E-state index in [1.165, 1.54) is 9.65 Å². The first-order valence-electron chi connectivity index (χ1n) is 3.80. The van der Waals surface area contributed by atoms with Gasteiger partial charge in [-0.3, -0.25) is 0 Å². The summed E-state index contributed by atoms with van der Waals surface area (Å²) in [5, 5.41) is 0. The van der Waals surface area contributed by atoms with Crippen molar-refractivity contribution in [1.82, 2.24) is 2.45 Å². The van der Waals surface area contributed by atoms with E-state index < -0.39 is 29.5 Å². The predicted molar refractivity (Wildman–Crippen MR) is 38.1 cm³/mol. The van der Waals surface area contributed by atoms with Gasteiger partial charge < -0.3 is 0 Å². The van der Waals surface area contributed by atoms with Crippen LogP contribution in [0.1, 0.15) is 27.2 Å². The van der Waals surface area contributed by atoms with Gasteiger partial charge in [0.15, 0.2) is 0 Å². The number of hydrogen-bond acceptors (Lipinski definition) is 1. The molecule has 0 aromatic rings. The third-order valence-corrected chi connectivity index (χ3v) is 4.53. The third kappa shape index (κ3) is 5.37. The van der Waals surface area contributed by atoms with Gasteiger partial charge in [0, 0.05) is 0 Å². The summed E-state index contributed by atoms with van der Waals surface area (Å²) in [6.07, 6.45) is 1.22. The van der Waals surface area contributed by atoms with Crippen LogP contribution in [0.15, 0.2) is 0 Å². The molecule has 0 aliphatic heterocycles. The molecular formula is C7H15NOY. The molecular weight excluding hydrogens is 203 g/mol. The summed E-state index contributed by atoms with van der Waals surface area (Å²) in [5.41, 5.74) is 0. The SMILES string of the molecule is CC[CH2][Y][NH]C(=O)C(C)C. The molecule has 0 aliphatic rings. The second kappa shape index (κ2) is 6.29. The fraction of sp³-hybridized carbons (Fsp3) is 0.857. The first-order valence-corrected chi connectivity index (χ1v) is 7.23. The standard InChI is InChI=1S/C4H9NO.C3H7.Y/c1-3(2)4(5)6;1-3-2;/h3H,1-2H3,(H2,5,6);1,3H2,2H3;/q;;+1/p-1. The van der Waals surface area contributed by atoms with Crippen molar-refractivity contribution in [3.8, 4) is 0 Å². The quantitative estimate of drug-likeness (QED) is 0.713. The summed E-state index contributed by atoms with van der Waals surface area (Å²) in [5.74, 6) is 0.415. The molecule has 2 nitrogen and oxygen atoms in total. The van der Waals surface area contributed by atoms with Crippen LogP contribution in [0, 0.1) is 5.92 Å². The zero-order valence-electron chi connectivity index (χ0n) is 6.98. The van der Waals surface area contributed by atoms with Gasteiger partial charge in [-0.1, -0.05) is 0 Å². The number of carbonyl (C=O) groups excluding carboxylic acids is 1. The van der Waals surface area contributed by atoms with E-state index in [-0.39, 0.29) is 11.8 Å². The van der Waals surface area contributed by atoms with Crippen LogP contribution in [-0.2, 0) is 34.3 Å². The second-order valence-corrected chi connectivity index (χ2v) is 5.79. The minimum absolute atomic E-state index is 0.170. The number of carbonyl (C=O) groups is 1. The molecule has 0 spiro atoms. The van der Waals surface area contributed by atoms with Gasteiger partial charge in [0.1, 0.15) is 0 Å². The summed E-state index contributed by atoms with van der Waals surface area (Å²) in [6.45, 7) is 6.03. The average Bonchev–Trinajstić information content (AvgIpc) is 1.88. The van der Waals surface area contributed by atoms with Crippen molar-refractivity contribution in [1.29, 1.82) is 0 Å². The van der Waals surface area contributed by atoms with Crippen LogP contribution in [0.5, 0.6) is 0 Å². The Kier molecular flexibility index (Phi) is 6.66. The van der Waals surface area contributed by atoms with Crippen LogP contribution in [0.25, 0.3) is 0 Å². The maximum atomic E-state index is 11.0. The Hall–Kier alpha value is 0.574. The minimum atomic E-state index is -0.685. The van der Waals surface area contributed by atoms with E-state index in [0.29, 0.717) is 0 Å². The first kappa shape index (κ1) is 10.6. The van der Waals surface area contributed by atoms with Gasteiger partial charge in [-0.05, 0) is 0 Å². The molecule has 0 aromatic heterocycles. The topological polar surface area (TPSA) is 29.1 Å². The molecule has 0 atom stereocenters. The van der Waals surface area contributed by atoms with Crippen molar-refractivity contribution in [2.45, 2.75) is 30.4 Å². The van der Waals surface area contributed by atoms with E-state index in [0.717, 1.165) is 0 Å². The number of rotatable bonds is 4. The number of nitrogens with one attached hydrogen (secondary N) is 1. The van der Waals surface area contributed by atoms with E-state index in [2.05, 4.69) is 9.37 Å². The van der Waals surface area contributed by atoms with Gasteiger partial charge in [-0.2, -0.15) is 0 Å². The summed E-state index contributed by atoms with van der Waals surface area (Å²) >= 11 is -0.685.